The number of carboxylic acids is 1. The molecule has 0 radical (unpaired) electrons. The van der Waals surface area contributed by atoms with Gasteiger partial charge >= 0.3 is 20.8 Å². The molecule has 10 heteroatoms. The molecular formula is C2H2BF7O2. The number of hydrogen-bond donors (Lipinski definition) is 1. The topological polar surface area (TPSA) is 37.3 Å². The quantitative estimate of drug-likeness (QED) is 0.481. The molecule has 0 spiro atoms. The van der Waals surface area contributed by atoms with Gasteiger partial charge in [0, 0.05) is 0 Å². The zero-order valence-corrected chi connectivity index (χ0v) is 5.08. The van der Waals surface area contributed by atoms with Crippen LogP contribution in [0.1, 0.15) is 1.43 Å². The Morgan fingerprint density at radius 2 is 1.25 bits per heavy atom. The van der Waals surface area contributed by atoms with E-state index in [1.54, 1.807) is 0 Å². The molecule has 0 aromatic carbocycles. The Hall–Kier alpha value is -0.955. The molecule has 74 valence electrons. The number of carbonyl (C=O) groups is 1. The average molecular weight is 202 g/mol. The maximum Gasteiger partial charge on any atom is 1.00 e. The molecule has 1 N–H and O–H groups in total. The van der Waals surface area contributed by atoms with E-state index in [1.807, 2.05) is 0 Å². The number of carboxylic acid groups (broad SMARTS) is 1. The molecule has 0 atom stereocenters. The van der Waals surface area contributed by atoms with Crippen LogP contribution in [0.25, 0.3) is 0 Å². The highest BCUT2D eigenvalue weighted by atomic mass is 19.5. The van der Waals surface area contributed by atoms with Crippen LogP contribution in [0.2, 0.25) is 0 Å². The first kappa shape index (κ1) is 13.6. The molecule has 0 aliphatic heterocycles. The van der Waals surface area contributed by atoms with Crippen LogP contribution in [-0.2, 0) is 4.79 Å². The van der Waals surface area contributed by atoms with Crippen molar-refractivity contribution in [1.29, 1.82) is 0 Å². The molecule has 0 saturated heterocycles. The first-order valence-corrected chi connectivity index (χ1v) is 2.12. The van der Waals surface area contributed by atoms with Crippen molar-refractivity contribution >= 4 is 13.2 Å². The minimum Gasteiger partial charge on any atom is -0.475 e. The van der Waals surface area contributed by atoms with E-state index in [-0.39, 0.29) is 1.43 Å². The smallest absolute Gasteiger partial charge is 0.475 e. The molecule has 0 amide bonds. The normalized spacial score (nSPS) is 11.6. The third-order valence-electron chi connectivity index (χ3n) is 0.243. The summed E-state index contributed by atoms with van der Waals surface area (Å²) in [5, 5.41) is 7.12. The third kappa shape index (κ3) is 23.0. The lowest BCUT2D eigenvalue weighted by atomic mass is 10.3. The van der Waals surface area contributed by atoms with Gasteiger partial charge in [-0.25, -0.2) is 4.79 Å². The van der Waals surface area contributed by atoms with Gasteiger partial charge in [0.25, 0.3) is 0 Å². The summed E-state index contributed by atoms with van der Waals surface area (Å²) < 4.78 is 70.7. The van der Waals surface area contributed by atoms with Gasteiger partial charge in [-0.2, -0.15) is 13.2 Å². The Morgan fingerprint density at radius 1 is 1.17 bits per heavy atom. The van der Waals surface area contributed by atoms with Gasteiger partial charge in [0.05, 0.1) is 0 Å². The van der Waals surface area contributed by atoms with Gasteiger partial charge in [0.2, 0.25) is 0 Å². The second-order valence-corrected chi connectivity index (χ2v) is 1.30. The van der Waals surface area contributed by atoms with Crippen LogP contribution in [0.4, 0.5) is 30.4 Å². The van der Waals surface area contributed by atoms with Gasteiger partial charge in [-0.05, 0) is 0 Å². The van der Waals surface area contributed by atoms with Crippen LogP contribution >= 0.6 is 0 Å². The molecular weight excluding hydrogens is 200 g/mol. The number of alkyl halides is 3. The largest absolute Gasteiger partial charge is 1.00 e. The Bertz CT molecular complexity index is 146. The van der Waals surface area contributed by atoms with Gasteiger partial charge in [-0.1, -0.05) is 0 Å². The molecule has 0 unspecified atom stereocenters. The summed E-state index contributed by atoms with van der Waals surface area (Å²) >= 11 is 0. The second-order valence-electron chi connectivity index (χ2n) is 1.30. The maximum absolute atomic E-state index is 10.6. The molecule has 0 aromatic heterocycles. The molecule has 0 rings (SSSR count). The van der Waals surface area contributed by atoms with Crippen LogP contribution in [0.15, 0.2) is 0 Å². The van der Waals surface area contributed by atoms with E-state index in [9.17, 15) is 30.4 Å². The average Bonchev–Trinajstić information content (AvgIpc) is 1.55. The highest BCUT2D eigenvalue weighted by Crippen LogP contribution is 2.13. The Balaban J connectivity index is -0.000000150. The van der Waals surface area contributed by atoms with Crippen molar-refractivity contribution in [2.75, 3.05) is 0 Å². The van der Waals surface area contributed by atoms with Crippen molar-refractivity contribution in [3.63, 3.8) is 0 Å². The number of hydrogen-bond acceptors (Lipinski definition) is 1. The van der Waals surface area contributed by atoms with Crippen LogP contribution < -0.4 is 0 Å². The van der Waals surface area contributed by atoms with Crippen LogP contribution in [0.3, 0.4) is 0 Å². The van der Waals surface area contributed by atoms with E-state index in [1.165, 1.54) is 0 Å². The standard InChI is InChI=1S/C2HF3O2.BF4/c3-2(4,5)1(6)7;2-1(3,4)5/h(H,6,7);/q;-1/p+1. The lowest BCUT2D eigenvalue weighted by molar-refractivity contribution is -0.192. The van der Waals surface area contributed by atoms with Gasteiger partial charge < -0.3 is 22.4 Å². The fraction of sp³-hybridized carbons (Fsp3) is 0.500. The fourth-order valence-electron chi connectivity index (χ4n) is 0. The van der Waals surface area contributed by atoms with Crippen molar-refractivity contribution in [3.05, 3.63) is 0 Å². The van der Waals surface area contributed by atoms with Gasteiger partial charge in [-0.15, -0.1) is 0 Å². The zero-order chi connectivity index (χ0) is 10.6. The van der Waals surface area contributed by atoms with E-state index >= 15 is 0 Å². The maximum atomic E-state index is 10.6. The summed E-state index contributed by atoms with van der Waals surface area (Å²) in [5.74, 6) is -2.76. The highest BCUT2D eigenvalue weighted by Gasteiger charge is 2.38. The van der Waals surface area contributed by atoms with Crippen LogP contribution in [0, 0.1) is 0 Å². The first-order valence-electron chi connectivity index (χ1n) is 2.12. The Labute approximate surface area is 62.6 Å². The summed E-state index contributed by atoms with van der Waals surface area (Å²) in [6.45, 7) is 0. The summed E-state index contributed by atoms with van der Waals surface area (Å²) in [5.41, 5.74) is 0. The molecule has 0 aliphatic rings. The molecule has 12 heavy (non-hydrogen) atoms. The Morgan fingerprint density at radius 3 is 1.25 bits per heavy atom. The monoisotopic (exact) mass is 202 g/mol. The SMILES string of the molecule is F[B-](F)(F)F.O=C(O)C(F)(F)F.[H+]. The number of halogens is 7. The van der Waals surface area contributed by atoms with Crippen molar-refractivity contribution in [2.45, 2.75) is 6.18 Å². The Kier molecular flexibility index (Phi) is 4.73. The first-order chi connectivity index (χ1) is 4.94. The van der Waals surface area contributed by atoms with Gasteiger partial charge in [-0.3, -0.25) is 0 Å². The fourth-order valence-corrected chi connectivity index (χ4v) is 0. The molecule has 0 saturated carbocycles. The highest BCUT2D eigenvalue weighted by molar-refractivity contribution is 6.50. The molecule has 0 heterocycles. The second kappa shape index (κ2) is 4.17. The minimum atomic E-state index is -6.00. The molecule has 0 aromatic rings. The van der Waals surface area contributed by atoms with E-state index in [0.29, 0.717) is 0 Å². The summed E-state index contributed by atoms with van der Waals surface area (Å²) in [6, 6.07) is 0. The zero-order valence-electron chi connectivity index (χ0n) is 6.08. The predicted molar refractivity (Wildman–Crippen MR) is 25.0 cm³/mol. The summed E-state index contributed by atoms with van der Waals surface area (Å²) in [6.07, 6.45) is -5.08. The molecule has 2 nitrogen and oxygen atoms in total. The molecule has 0 bridgehead atoms. The van der Waals surface area contributed by atoms with E-state index in [2.05, 4.69) is 0 Å². The lowest BCUT2D eigenvalue weighted by Crippen LogP contribution is -2.21. The molecule has 0 fully saturated rings. The van der Waals surface area contributed by atoms with Crippen LogP contribution in [0.5, 0.6) is 0 Å². The predicted octanol–water partition coefficient (Wildman–Crippen LogP) is 2.05. The van der Waals surface area contributed by atoms with Crippen molar-refractivity contribution in [3.8, 4) is 0 Å². The van der Waals surface area contributed by atoms with E-state index < -0.39 is 19.4 Å². The van der Waals surface area contributed by atoms with Crippen LogP contribution in [-0.4, -0.2) is 24.5 Å². The van der Waals surface area contributed by atoms with E-state index in [4.69, 9.17) is 9.90 Å². The van der Waals surface area contributed by atoms with Gasteiger partial charge in [0.15, 0.2) is 0 Å². The van der Waals surface area contributed by atoms with Crippen molar-refractivity contribution in [2.24, 2.45) is 0 Å². The third-order valence-corrected chi connectivity index (χ3v) is 0.243. The van der Waals surface area contributed by atoms with Gasteiger partial charge in [0.1, 0.15) is 0 Å². The van der Waals surface area contributed by atoms with Crippen molar-refractivity contribution in [1.82, 2.24) is 0 Å². The summed E-state index contributed by atoms with van der Waals surface area (Å²) in [4.78, 5) is 8.90. The number of rotatable bonds is 0. The lowest BCUT2D eigenvalue weighted by Gasteiger charge is -1.94. The molecule has 0 aliphatic carbocycles. The van der Waals surface area contributed by atoms with Crippen molar-refractivity contribution < 1.29 is 41.8 Å². The minimum absolute atomic E-state index is 0. The summed E-state index contributed by atoms with van der Waals surface area (Å²) in [7, 11) is -6.00. The van der Waals surface area contributed by atoms with E-state index in [0.717, 1.165) is 0 Å². The number of aliphatic carboxylic acids is 1.